The predicted octanol–water partition coefficient (Wildman–Crippen LogP) is 2.73. The van der Waals surface area contributed by atoms with Gasteiger partial charge in [-0.3, -0.25) is 25.2 Å². The minimum absolute atomic E-state index is 0.0716. The highest BCUT2D eigenvalue weighted by Gasteiger charge is 2.15. The van der Waals surface area contributed by atoms with Crippen molar-refractivity contribution in [2.45, 2.75) is 11.8 Å². The van der Waals surface area contributed by atoms with Gasteiger partial charge in [-0.15, -0.1) is 0 Å². The van der Waals surface area contributed by atoms with E-state index in [9.17, 15) is 18.0 Å². The molecule has 0 aliphatic heterocycles. The average Bonchev–Trinajstić information content (AvgIpc) is 2.87. The fourth-order valence-corrected chi connectivity index (χ4v) is 3.90. The van der Waals surface area contributed by atoms with Crippen LogP contribution in [0.25, 0.3) is 0 Å². The summed E-state index contributed by atoms with van der Waals surface area (Å²) in [5.74, 6) is 0.554. The van der Waals surface area contributed by atoms with Crippen LogP contribution in [0, 0.1) is 0 Å². The van der Waals surface area contributed by atoms with Gasteiger partial charge in [0.05, 0.1) is 18.6 Å². The second kappa shape index (κ2) is 11.7. The molecule has 2 amide bonds. The third-order valence-electron chi connectivity index (χ3n) is 4.59. The van der Waals surface area contributed by atoms with Crippen LogP contribution in [0.5, 0.6) is 17.2 Å². The second-order valence-corrected chi connectivity index (χ2v) is 8.74. The normalized spacial score (nSPS) is 10.7. The van der Waals surface area contributed by atoms with Crippen molar-refractivity contribution in [3.8, 4) is 17.2 Å². The molecule has 184 valence electrons. The largest absolute Gasteiger partial charge is 0.497 e. The number of anilines is 1. The van der Waals surface area contributed by atoms with Gasteiger partial charge in [0, 0.05) is 11.3 Å². The molecule has 0 aliphatic carbocycles. The summed E-state index contributed by atoms with van der Waals surface area (Å²) >= 11 is 0. The number of rotatable bonds is 10. The number of methoxy groups -OCH3 is 1. The van der Waals surface area contributed by atoms with Crippen molar-refractivity contribution in [3.63, 3.8) is 0 Å². The van der Waals surface area contributed by atoms with E-state index in [1.807, 2.05) is 6.92 Å². The third kappa shape index (κ3) is 7.37. The van der Waals surface area contributed by atoms with Crippen LogP contribution in [0.4, 0.5) is 5.69 Å². The monoisotopic (exact) mass is 499 g/mol. The van der Waals surface area contributed by atoms with E-state index in [-0.39, 0.29) is 22.8 Å². The fraction of sp³-hybridized carbons (Fsp3) is 0.167. The molecule has 0 aliphatic rings. The van der Waals surface area contributed by atoms with Crippen molar-refractivity contribution < 1.29 is 32.2 Å². The standard InChI is InChI=1S/C24H25N3O7S/c1-3-33-20-12-14-22(15-13-20)35(30,31)27-18-6-4-17(5-7-18)24(29)26-25-23(28)16-34-21-10-8-19(32-2)9-11-21/h4-15,27H,3,16H2,1-2H3,(H,25,28)(H,26,29). The Morgan fingerprint density at radius 3 is 1.94 bits per heavy atom. The Morgan fingerprint density at radius 2 is 1.34 bits per heavy atom. The third-order valence-corrected chi connectivity index (χ3v) is 5.99. The minimum atomic E-state index is -3.82. The smallest absolute Gasteiger partial charge is 0.276 e. The zero-order valence-corrected chi connectivity index (χ0v) is 19.9. The lowest BCUT2D eigenvalue weighted by molar-refractivity contribution is -0.123. The Kier molecular flexibility index (Phi) is 8.52. The number of carbonyl (C=O) groups is 2. The van der Waals surface area contributed by atoms with Crippen LogP contribution in [0.1, 0.15) is 17.3 Å². The molecule has 0 atom stereocenters. The van der Waals surface area contributed by atoms with E-state index in [4.69, 9.17) is 14.2 Å². The van der Waals surface area contributed by atoms with Crippen LogP contribution in [0.3, 0.4) is 0 Å². The first-order valence-corrected chi connectivity index (χ1v) is 12.0. The van der Waals surface area contributed by atoms with Crippen LogP contribution in [-0.4, -0.2) is 40.6 Å². The number of hydrogen-bond acceptors (Lipinski definition) is 7. The van der Waals surface area contributed by atoms with Gasteiger partial charge < -0.3 is 14.2 Å². The summed E-state index contributed by atoms with van der Waals surface area (Å²) in [6, 6.07) is 18.4. The number of ether oxygens (including phenoxy) is 3. The molecule has 0 saturated heterocycles. The van der Waals surface area contributed by atoms with Gasteiger partial charge in [0.2, 0.25) is 0 Å². The van der Waals surface area contributed by atoms with Gasteiger partial charge in [-0.05, 0) is 79.7 Å². The van der Waals surface area contributed by atoms with Gasteiger partial charge >= 0.3 is 0 Å². The van der Waals surface area contributed by atoms with Gasteiger partial charge in [0.15, 0.2) is 6.61 Å². The van der Waals surface area contributed by atoms with Crippen molar-refractivity contribution in [2.75, 3.05) is 25.0 Å². The lowest BCUT2D eigenvalue weighted by Gasteiger charge is -2.11. The molecule has 0 aromatic heterocycles. The fourth-order valence-electron chi connectivity index (χ4n) is 2.84. The molecule has 0 radical (unpaired) electrons. The zero-order valence-electron chi connectivity index (χ0n) is 19.1. The van der Waals surface area contributed by atoms with Gasteiger partial charge in [0.25, 0.3) is 21.8 Å². The SMILES string of the molecule is CCOc1ccc(S(=O)(=O)Nc2ccc(C(=O)NNC(=O)COc3ccc(OC)cc3)cc2)cc1. The second-order valence-electron chi connectivity index (χ2n) is 7.05. The molecular formula is C24H25N3O7S. The summed E-state index contributed by atoms with van der Waals surface area (Å²) in [6.45, 7) is 2.01. The molecule has 3 aromatic carbocycles. The molecule has 11 heteroatoms. The summed E-state index contributed by atoms with van der Waals surface area (Å²) in [5, 5.41) is 0. The molecule has 0 spiro atoms. The van der Waals surface area contributed by atoms with Crippen LogP contribution in [-0.2, 0) is 14.8 Å². The molecular weight excluding hydrogens is 474 g/mol. The number of amides is 2. The van der Waals surface area contributed by atoms with Crippen molar-refractivity contribution in [1.82, 2.24) is 10.9 Å². The summed E-state index contributed by atoms with van der Waals surface area (Å²) in [6.07, 6.45) is 0. The maximum atomic E-state index is 12.6. The van der Waals surface area contributed by atoms with Crippen molar-refractivity contribution >= 4 is 27.5 Å². The topological polar surface area (TPSA) is 132 Å². The Morgan fingerprint density at radius 1 is 0.771 bits per heavy atom. The maximum absolute atomic E-state index is 12.6. The highest BCUT2D eigenvalue weighted by Crippen LogP contribution is 2.20. The predicted molar refractivity (Wildman–Crippen MR) is 129 cm³/mol. The van der Waals surface area contributed by atoms with E-state index in [1.165, 1.54) is 36.4 Å². The number of carbonyl (C=O) groups excluding carboxylic acids is 2. The highest BCUT2D eigenvalue weighted by molar-refractivity contribution is 7.92. The summed E-state index contributed by atoms with van der Waals surface area (Å²) in [7, 11) is -2.27. The molecule has 10 nitrogen and oxygen atoms in total. The molecule has 3 N–H and O–H groups in total. The van der Waals surface area contributed by atoms with Crippen LogP contribution in [0.15, 0.2) is 77.7 Å². The Hall–Kier alpha value is -4.25. The number of benzene rings is 3. The van der Waals surface area contributed by atoms with Gasteiger partial charge in [-0.25, -0.2) is 8.42 Å². The first kappa shape index (κ1) is 25.4. The quantitative estimate of drug-likeness (QED) is 0.366. The number of nitrogens with one attached hydrogen (secondary N) is 3. The van der Waals surface area contributed by atoms with E-state index >= 15 is 0 Å². The maximum Gasteiger partial charge on any atom is 0.276 e. The first-order chi connectivity index (χ1) is 16.8. The van der Waals surface area contributed by atoms with Gasteiger partial charge in [-0.2, -0.15) is 0 Å². The molecule has 3 aromatic rings. The average molecular weight is 500 g/mol. The Bertz CT molecular complexity index is 1240. The van der Waals surface area contributed by atoms with Crippen LogP contribution >= 0.6 is 0 Å². The lowest BCUT2D eigenvalue weighted by atomic mass is 10.2. The molecule has 0 unspecified atom stereocenters. The summed E-state index contributed by atoms with van der Waals surface area (Å²) < 4.78 is 43.3. The van der Waals surface area contributed by atoms with Crippen molar-refractivity contribution in [1.29, 1.82) is 0 Å². The van der Waals surface area contributed by atoms with E-state index in [0.717, 1.165) is 0 Å². The Labute approximate surface area is 203 Å². The lowest BCUT2D eigenvalue weighted by Crippen LogP contribution is -2.43. The van der Waals surface area contributed by atoms with E-state index < -0.39 is 21.8 Å². The van der Waals surface area contributed by atoms with Crippen LogP contribution < -0.4 is 29.8 Å². The Balaban J connectivity index is 1.49. The zero-order chi connectivity index (χ0) is 25.3. The molecule has 0 bridgehead atoms. The first-order valence-electron chi connectivity index (χ1n) is 10.5. The molecule has 0 heterocycles. The number of hydrazine groups is 1. The molecule has 0 saturated carbocycles. The number of hydrogen-bond donors (Lipinski definition) is 3. The van der Waals surface area contributed by atoms with Gasteiger partial charge in [-0.1, -0.05) is 0 Å². The van der Waals surface area contributed by atoms with E-state index in [2.05, 4.69) is 15.6 Å². The van der Waals surface area contributed by atoms with Crippen molar-refractivity contribution in [3.05, 3.63) is 78.4 Å². The molecule has 3 rings (SSSR count). The van der Waals surface area contributed by atoms with E-state index in [1.54, 1.807) is 43.5 Å². The molecule has 0 fully saturated rings. The number of sulfonamides is 1. The van der Waals surface area contributed by atoms with Crippen LogP contribution in [0.2, 0.25) is 0 Å². The summed E-state index contributed by atoms with van der Waals surface area (Å²) in [4.78, 5) is 24.3. The molecule has 35 heavy (non-hydrogen) atoms. The van der Waals surface area contributed by atoms with Crippen molar-refractivity contribution in [2.24, 2.45) is 0 Å². The van der Waals surface area contributed by atoms with Gasteiger partial charge in [0.1, 0.15) is 17.2 Å². The highest BCUT2D eigenvalue weighted by atomic mass is 32.2. The minimum Gasteiger partial charge on any atom is -0.497 e. The van der Waals surface area contributed by atoms with E-state index in [0.29, 0.717) is 23.9 Å². The summed E-state index contributed by atoms with van der Waals surface area (Å²) in [5.41, 5.74) is 5.01.